The highest BCUT2D eigenvalue weighted by atomic mass is 16.3. The lowest BCUT2D eigenvalue weighted by molar-refractivity contribution is 0.668. The molecule has 6 heteroatoms. The molecule has 6 nitrogen and oxygen atoms in total. The summed E-state index contributed by atoms with van der Waals surface area (Å²) in [6.07, 6.45) is 0. The average Bonchev–Trinajstić information content (AvgIpc) is 4.20. The van der Waals surface area contributed by atoms with Crippen LogP contribution >= 0.6 is 0 Å². The van der Waals surface area contributed by atoms with Gasteiger partial charge >= 0.3 is 0 Å². The van der Waals surface area contributed by atoms with E-state index in [0.29, 0.717) is 17.5 Å². The van der Waals surface area contributed by atoms with Crippen molar-refractivity contribution in [2.45, 2.75) is 0 Å². The zero-order valence-corrected chi connectivity index (χ0v) is 40.4. The normalized spacial score (nSPS) is 11.7. The van der Waals surface area contributed by atoms with Gasteiger partial charge in [-0.05, 0) is 123 Å². The molecule has 0 fully saturated rings. The van der Waals surface area contributed by atoms with Gasteiger partial charge in [0, 0.05) is 60.8 Å². The second-order valence-corrected chi connectivity index (χ2v) is 19.1. The van der Waals surface area contributed by atoms with Crippen LogP contribution in [0.15, 0.2) is 264 Å². The standard InChI is InChI=1S/C69H42N4O2/c1-4-16-43(17-5-1)50-37-51(44-18-6-2-7-19-44)39-52(38-50)46-22-14-23-49(36-46)68-70-67(45-20-8-3-9-21-45)71-69(72-68)57-26-15-29-64-66(57)59-41-48(31-35-63(59)74-64)47-30-34-61-58(40-47)54-24-10-12-27-60(54)73(61)53-32-33-56-55-25-11-13-28-62(55)75-65(56)42-53/h1-42H. The molecule has 75 heavy (non-hydrogen) atoms. The van der Waals surface area contributed by atoms with E-state index in [2.05, 4.69) is 205 Å². The van der Waals surface area contributed by atoms with Gasteiger partial charge in [0.25, 0.3) is 0 Å². The van der Waals surface area contributed by atoms with Crippen LogP contribution in [0.2, 0.25) is 0 Å². The number of rotatable bonds is 8. The highest BCUT2D eigenvalue weighted by molar-refractivity contribution is 6.14. The second kappa shape index (κ2) is 17.3. The molecule has 0 N–H and O–H groups in total. The van der Waals surface area contributed by atoms with Crippen LogP contribution in [0.1, 0.15) is 0 Å². The molecule has 0 aliphatic carbocycles. The third-order valence-corrected chi connectivity index (χ3v) is 14.6. The Kier molecular flexibility index (Phi) is 9.78. The van der Waals surface area contributed by atoms with Crippen LogP contribution in [-0.2, 0) is 0 Å². The summed E-state index contributed by atoms with van der Waals surface area (Å²) in [7, 11) is 0. The smallest absolute Gasteiger partial charge is 0.164 e. The Bertz CT molecular complexity index is 4650. The van der Waals surface area contributed by atoms with Crippen LogP contribution in [0.5, 0.6) is 0 Å². The Morgan fingerprint density at radius 1 is 0.253 bits per heavy atom. The van der Waals surface area contributed by atoms with Crippen molar-refractivity contribution >= 4 is 65.7 Å². The molecule has 15 aromatic rings. The van der Waals surface area contributed by atoms with Crippen LogP contribution in [0.25, 0.3) is 150 Å². The monoisotopic (exact) mass is 958 g/mol. The summed E-state index contributed by atoms with van der Waals surface area (Å²) in [5, 5.41) is 6.51. The van der Waals surface area contributed by atoms with E-state index in [-0.39, 0.29) is 0 Å². The van der Waals surface area contributed by atoms with Crippen molar-refractivity contribution in [3.05, 3.63) is 255 Å². The van der Waals surface area contributed by atoms with Gasteiger partial charge in [0.15, 0.2) is 17.5 Å². The first-order valence-corrected chi connectivity index (χ1v) is 25.2. The third kappa shape index (κ3) is 7.30. The minimum Gasteiger partial charge on any atom is -0.456 e. The van der Waals surface area contributed by atoms with Crippen molar-refractivity contribution in [1.82, 2.24) is 19.5 Å². The molecule has 4 aromatic heterocycles. The molecule has 4 heterocycles. The molecule has 0 unspecified atom stereocenters. The SMILES string of the molecule is c1ccc(-c2cc(-c3ccccc3)cc(-c3cccc(-c4nc(-c5ccccc5)nc(-c5cccc6oc7ccc(-c8ccc9c(c8)c8ccccc8n9-c8ccc9c(c8)oc8ccccc89)cc7c56)n4)c3)c2)cc1. The Morgan fingerprint density at radius 2 is 0.747 bits per heavy atom. The van der Waals surface area contributed by atoms with Crippen LogP contribution in [0.3, 0.4) is 0 Å². The summed E-state index contributed by atoms with van der Waals surface area (Å²) in [5.74, 6) is 1.74. The van der Waals surface area contributed by atoms with Crippen molar-refractivity contribution in [2.75, 3.05) is 0 Å². The van der Waals surface area contributed by atoms with Gasteiger partial charge in [-0.2, -0.15) is 0 Å². The molecule has 0 saturated carbocycles. The first-order valence-electron chi connectivity index (χ1n) is 25.2. The first kappa shape index (κ1) is 42.5. The van der Waals surface area contributed by atoms with Crippen LogP contribution in [-0.4, -0.2) is 19.5 Å². The minimum absolute atomic E-state index is 0.565. The quantitative estimate of drug-likeness (QED) is 0.152. The molecule has 0 bridgehead atoms. The lowest BCUT2D eigenvalue weighted by Gasteiger charge is -2.13. The Hall–Kier alpha value is -10.2. The molecule has 0 atom stereocenters. The second-order valence-electron chi connectivity index (χ2n) is 19.1. The number of hydrogen-bond donors (Lipinski definition) is 0. The van der Waals surface area contributed by atoms with Gasteiger partial charge in [0.1, 0.15) is 22.3 Å². The Morgan fingerprint density at radius 3 is 1.51 bits per heavy atom. The molecule has 0 spiro atoms. The zero-order valence-electron chi connectivity index (χ0n) is 40.4. The average molecular weight is 959 g/mol. The van der Waals surface area contributed by atoms with Crippen molar-refractivity contribution in [2.24, 2.45) is 0 Å². The summed E-state index contributed by atoms with van der Waals surface area (Å²) in [6, 6.07) is 89.4. The predicted octanol–water partition coefficient (Wildman–Crippen LogP) is 18.4. The predicted molar refractivity (Wildman–Crippen MR) is 307 cm³/mol. The van der Waals surface area contributed by atoms with E-state index in [9.17, 15) is 0 Å². The van der Waals surface area contributed by atoms with Crippen molar-refractivity contribution in [1.29, 1.82) is 0 Å². The topological polar surface area (TPSA) is 69.9 Å². The fourth-order valence-corrected chi connectivity index (χ4v) is 11.0. The fourth-order valence-electron chi connectivity index (χ4n) is 11.0. The summed E-state index contributed by atoms with van der Waals surface area (Å²) in [4.78, 5) is 15.7. The van der Waals surface area contributed by atoms with E-state index in [1.165, 1.54) is 10.8 Å². The number of fused-ring (bicyclic) bond motifs is 9. The largest absolute Gasteiger partial charge is 0.456 e. The summed E-state index contributed by atoms with van der Waals surface area (Å²) < 4.78 is 15.3. The lowest BCUT2D eigenvalue weighted by Crippen LogP contribution is -2.00. The van der Waals surface area contributed by atoms with Crippen molar-refractivity contribution < 1.29 is 8.83 Å². The maximum Gasteiger partial charge on any atom is 0.164 e. The van der Waals surface area contributed by atoms with E-state index in [0.717, 1.165) is 122 Å². The summed E-state index contributed by atoms with van der Waals surface area (Å²) in [6.45, 7) is 0. The van der Waals surface area contributed by atoms with Crippen LogP contribution in [0.4, 0.5) is 0 Å². The zero-order chi connectivity index (χ0) is 49.4. The van der Waals surface area contributed by atoms with E-state index >= 15 is 0 Å². The van der Waals surface area contributed by atoms with E-state index in [1.54, 1.807) is 0 Å². The molecular formula is C69H42N4O2. The number of nitrogens with zero attached hydrogens (tertiary/aromatic N) is 4. The minimum atomic E-state index is 0.565. The van der Waals surface area contributed by atoms with E-state index in [1.807, 2.05) is 54.6 Å². The van der Waals surface area contributed by atoms with Gasteiger partial charge in [-0.1, -0.05) is 170 Å². The number of hydrogen-bond acceptors (Lipinski definition) is 5. The number of benzene rings is 11. The number of para-hydroxylation sites is 2. The highest BCUT2D eigenvalue weighted by Crippen LogP contribution is 2.42. The third-order valence-electron chi connectivity index (χ3n) is 14.6. The first-order chi connectivity index (χ1) is 37.1. The van der Waals surface area contributed by atoms with Gasteiger partial charge in [-0.3, -0.25) is 0 Å². The molecule has 0 saturated heterocycles. The van der Waals surface area contributed by atoms with Gasteiger partial charge in [0.05, 0.1) is 11.0 Å². The summed E-state index contributed by atoms with van der Waals surface area (Å²) in [5.41, 5.74) is 18.2. The molecule has 11 aromatic carbocycles. The highest BCUT2D eigenvalue weighted by Gasteiger charge is 2.21. The fraction of sp³-hybridized carbons (Fsp3) is 0. The Balaban J connectivity index is 0.853. The van der Waals surface area contributed by atoms with Crippen LogP contribution in [0, 0.1) is 0 Å². The molecule has 350 valence electrons. The molecule has 0 aliphatic heterocycles. The molecule has 0 amide bonds. The molecule has 0 aliphatic rings. The van der Waals surface area contributed by atoms with E-state index < -0.39 is 0 Å². The summed E-state index contributed by atoms with van der Waals surface area (Å²) >= 11 is 0. The van der Waals surface area contributed by atoms with Gasteiger partial charge < -0.3 is 13.4 Å². The van der Waals surface area contributed by atoms with E-state index in [4.69, 9.17) is 23.8 Å². The van der Waals surface area contributed by atoms with Crippen molar-refractivity contribution in [3.8, 4) is 84.4 Å². The van der Waals surface area contributed by atoms with Crippen LogP contribution < -0.4 is 0 Å². The number of aromatic nitrogens is 4. The van der Waals surface area contributed by atoms with Gasteiger partial charge in [-0.15, -0.1) is 0 Å². The van der Waals surface area contributed by atoms with Gasteiger partial charge in [0.2, 0.25) is 0 Å². The van der Waals surface area contributed by atoms with Crippen molar-refractivity contribution in [3.63, 3.8) is 0 Å². The lowest BCUT2D eigenvalue weighted by atomic mass is 9.93. The maximum atomic E-state index is 6.63. The van der Waals surface area contributed by atoms with Gasteiger partial charge in [-0.25, -0.2) is 15.0 Å². The molecular weight excluding hydrogens is 917 g/mol. The molecule has 15 rings (SSSR count). The number of furan rings is 2. The Labute approximate surface area is 431 Å². The maximum absolute atomic E-state index is 6.63. The molecule has 0 radical (unpaired) electrons.